The standard InChI is InChI=1S/C7H11ClN4O/c8-5-6-9-10-11-12(6)7-3-1-2-4-13-7/h7H,1-5H2. The highest BCUT2D eigenvalue weighted by Gasteiger charge is 2.19. The van der Waals surface area contributed by atoms with Crippen LogP contribution in [0.3, 0.4) is 0 Å². The number of halogens is 1. The summed E-state index contributed by atoms with van der Waals surface area (Å²) in [6.45, 7) is 0.784. The zero-order chi connectivity index (χ0) is 9.10. The van der Waals surface area contributed by atoms with Crippen molar-refractivity contribution in [3.63, 3.8) is 0 Å². The Morgan fingerprint density at radius 2 is 2.46 bits per heavy atom. The molecule has 2 heterocycles. The summed E-state index contributed by atoms with van der Waals surface area (Å²) in [5.74, 6) is 1.00. The van der Waals surface area contributed by atoms with E-state index in [9.17, 15) is 0 Å². The Morgan fingerprint density at radius 3 is 3.15 bits per heavy atom. The predicted octanol–water partition coefficient (Wildman–Crippen LogP) is 1.11. The van der Waals surface area contributed by atoms with Crippen LogP contribution in [-0.2, 0) is 10.6 Å². The average molecular weight is 203 g/mol. The monoisotopic (exact) mass is 202 g/mol. The fraction of sp³-hybridized carbons (Fsp3) is 0.857. The Labute approximate surface area is 81.0 Å². The van der Waals surface area contributed by atoms with E-state index in [1.165, 1.54) is 0 Å². The summed E-state index contributed by atoms with van der Waals surface area (Å²) in [5, 5.41) is 11.2. The summed E-state index contributed by atoms with van der Waals surface area (Å²) in [6, 6.07) is 0. The van der Waals surface area contributed by atoms with Gasteiger partial charge in [-0.25, -0.2) is 0 Å². The summed E-state index contributed by atoms with van der Waals surface area (Å²) in [6.07, 6.45) is 3.23. The van der Waals surface area contributed by atoms with E-state index >= 15 is 0 Å². The van der Waals surface area contributed by atoms with E-state index in [2.05, 4.69) is 15.5 Å². The summed E-state index contributed by atoms with van der Waals surface area (Å²) in [5.41, 5.74) is 0. The van der Waals surface area contributed by atoms with E-state index in [0.29, 0.717) is 11.7 Å². The van der Waals surface area contributed by atoms with Gasteiger partial charge in [-0.15, -0.1) is 16.7 Å². The maximum atomic E-state index is 5.67. The van der Waals surface area contributed by atoms with Crippen LogP contribution in [0.1, 0.15) is 31.3 Å². The van der Waals surface area contributed by atoms with E-state index in [1.807, 2.05) is 0 Å². The Balaban J connectivity index is 2.13. The molecule has 0 spiro atoms. The first-order valence-corrected chi connectivity index (χ1v) is 4.89. The minimum atomic E-state index is -0.0162. The second-order valence-corrected chi connectivity index (χ2v) is 3.26. The van der Waals surface area contributed by atoms with Crippen LogP contribution in [-0.4, -0.2) is 26.8 Å². The molecule has 1 atom stereocenters. The molecule has 1 saturated heterocycles. The maximum Gasteiger partial charge on any atom is 0.169 e. The van der Waals surface area contributed by atoms with E-state index < -0.39 is 0 Å². The van der Waals surface area contributed by atoms with Gasteiger partial charge in [0, 0.05) is 6.61 Å². The normalized spacial score (nSPS) is 23.3. The molecule has 0 radical (unpaired) electrons. The van der Waals surface area contributed by atoms with Gasteiger partial charge in [0.1, 0.15) is 0 Å². The molecule has 1 aliphatic heterocycles. The number of rotatable bonds is 2. The van der Waals surface area contributed by atoms with Crippen molar-refractivity contribution >= 4 is 11.6 Å². The third-order valence-corrected chi connectivity index (χ3v) is 2.35. The molecule has 0 N–H and O–H groups in total. The Hall–Kier alpha value is -0.680. The highest BCUT2D eigenvalue weighted by atomic mass is 35.5. The fourth-order valence-corrected chi connectivity index (χ4v) is 1.62. The molecule has 1 aromatic rings. The molecule has 1 aliphatic rings. The van der Waals surface area contributed by atoms with Crippen molar-refractivity contribution in [3.05, 3.63) is 5.82 Å². The number of tetrazole rings is 1. The van der Waals surface area contributed by atoms with E-state index in [0.717, 1.165) is 25.9 Å². The van der Waals surface area contributed by atoms with Crippen LogP contribution in [0.2, 0.25) is 0 Å². The van der Waals surface area contributed by atoms with Crippen LogP contribution >= 0.6 is 11.6 Å². The van der Waals surface area contributed by atoms with Crippen molar-refractivity contribution in [1.29, 1.82) is 0 Å². The molecule has 72 valence electrons. The quantitative estimate of drug-likeness (QED) is 0.675. The van der Waals surface area contributed by atoms with Gasteiger partial charge in [-0.3, -0.25) is 0 Å². The molecule has 0 saturated carbocycles. The average Bonchev–Trinajstić information content (AvgIpc) is 2.67. The highest BCUT2D eigenvalue weighted by Crippen LogP contribution is 2.22. The number of alkyl halides is 1. The second-order valence-electron chi connectivity index (χ2n) is 2.99. The third kappa shape index (κ3) is 1.81. The summed E-state index contributed by atoms with van der Waals surface area (Å²) >= 11 is 5.67. The van der Waals surface area contributed by atoms with Crippen molar-refractivity contribution in [1.82, 2.24) is 20.2 Å². The summed E-state index contributed by atoms with van der Waals surface area (Å²) < 4.78 is 7.20. The van der Waals surface area contributed by atoms with Crippen LogP contribution in [0.4, 0.5) is 0 Å². The minimum Gasteiger partial charge on any atom is -0.356 e. The molecule has 0 aromatic carbocycles. The molecule has 0 aliphatic carbocycles. The first-order valence-electron chi connectivity index (χ1n) is 4.36. The van der Waals surface area contributed by atoms with Gasteiger partial charge in [0.05, 0.1) is 5.88 Å². The molecule has 2 rings (SSSR count). The van der Waals surface area contributed by atoms with Crippen LogP contribution in [0.5, 0.6) is 0 Å². The molecule has 0 amide bonds. The Morgan fingerprint density at radius 1 is 1.54 bits per heavy atom. The molecule has 1 fully saturated rings. The second kappa shape index (κ2) is 4.02. The van der Waals surface area contributed by atoms with E-state index in [1.54, 1.807) is 4.68 Å². The van der Waals surface area contributed by atoms with Gasteiger partial charge in [0.25, 0.3) is 0 Å². The van der Waals surface area contributed by atoms with Crippen LogP contribution in [0.15, 0.2) is 0 Å². The zero-order valence-electron chi connectivity index (χ0n) is 7.19. The van der Waals surface area contributed by atoms with E-state index in [-0.39, 0.29) is 6.23 Å². The number of nitrogens with zero attached hydrogens (tertiary/aromatic N) is 4. The summed E-state index contributed by atoms with van der Waals surface area (Å²) in [7, 11) is 0. The SMILES string of the molecule is ClCc1nnnn1C1CCCCO1. The van der Waals surface area contributed by atoms with E-state index in [4.69, 9.17) is 16.3 Å². The lowest BCUT2D eigenvalue weighted by Gasteiger charge is -2.22. The fourth-order valence-electron chi connectivity index (χ4n) is 1.44. The van der Waals surface area contributed by atoms with Crippen LogP contribution < -0.4 is 0 Å². The van der Waals surface area contributed by atoms with Crippen LogP contribution in [0.25, 0.3) is 0 Å². The van der Waals surface area contributed by atoms with Gasteiger partial charge in [-0.1, -0.05) is 0 Å². The molecule has 5 nitrogen and oxygen atoms in total. The third-order valence-electron chi connectivity index (χ3n) is 2.11. The lowest BCUT2D eigenvalue weighted by Crippen LogP contribution is -2.20. The first-order chi connectivity index (χ1) is 6.42. The molecule has 1 unspecified atom stereocenters. The number of aromatic nitrogens is 4. The Kier molecular flexibility index (Phi) is 2.75. The number of hydrogen-bond acceptors (Lipinski definition) is 4. The van der Waals surface area contributed by atoms with Gasteiger partial charge in [0.2, 0.25) is 0 Å². The lowest BCUT2D eigenvalue weighted by molar-refractivity contribution is -0.0418. The van der Waals surface area contributed by atoms with Crippen molar-refractivity contribution in [2.24, 2.45) is 0 Å². The molecule has 6 heteroatoms. The predicted molar refractivity (Wildman–Crippen MR) is 46.2 cm³/mol. The summed E-state index contributed by atoms with van der Waals surface area (Å²) in [4.78, 5) is 0. The van der Waals surface area contributed by atoms with Gasteiger partial charge in [-0.2, -0.15) is 4.68 Å². The van der Waals surface area contributed by atoms with Gasteiger partial charge < -0.3 is 4.74 Å². The van der Waals surface area contributed by atoms with Crippen molar-refractivity contribution < 1.29 is 4.74 Å². The molecule has 0 bridgehead atoms. The number of hydrogen-bond donors (Lipinski definition) is 0. The minimum absolute atomic E-state index is 0.0162. The van der Waals surface area contributed by atoms with Crippen LogP contribution in [0, 0.1) is 0 Å². The van der Waals surface area contributed by atoms with Crippen molar-refractivity contribution in [2.75, 3.05) is 6.61 Å². The Bertz CT molecular complexity index is 271. The lowest BCUT2D eigenvalue weighted by atomic mass is 10.2. The van der Waals surface area contributed by atoms with Gasteiger partial charge in [-0.05, 0) is 29.7 Å². The topological polar surface area (TPSA) is 52.8 Å². The van der Waals surface area contributed by atoms with Crippen molar-refractivity contribution in [2.45, 2.75) is 31.4 Å². The largest absolute Gasteiger partial charge is 0.356 e. The van der Waals surface area contributed by atoms with Crippen molar-refractivity contribution in [3.8, 4) is 0 Å². The maximum absolute atomic E-state index is 5.67. The van der Waals surface area contributed by atoms with Gasteiger partial charge >= 0.3 is 0 Å². The van der Waals surface area contributed by atoms with Gasteiger partial charge in [0.15, 0.2) is 12.1 Å². The zero-order valence-corrected chi connectivity index (χ0v) is 7.94. The molecule has 13 heavy (non-hydrogen) atoms. The molecule has 1 aromatic heterocycles. The number of ether oxygens (including phenoxy) is 1. The molecular weight excluding hydrogens is 192 g/mol. The smallest absolute Gasteiger partial charge is 0.169 e. The first kappa shape index (κ1) is 8.90. The molecular formula is C7H11ClN4O. The highest BCUT2D eigenvalue weighted by molar-refractivity contribution is 6.16.